The van der Waals surface area contributed by atoms with Crippen molar-refractivity contribution >= 4 is 79.5 Å². The van der Waals surface area contributed by atoms with Crippen molar-refractivity contribution in [3.05, 3.63) is 95.4 Å². The quantitative estimate of drug-likeness (QED) is 0.0442. The lowest BCUT2D eigenvalue weighted by atomic mass is 10.1. The number of aromatic nitrogens is 3. The average Bonchev–Trinajstić information content (AvgIpc) is 4.03. The number of amides is 6. The highest BCUT2D eigenvalue weighted by Crippen LogP contribution is 2.24. The van der Waals surface area contributed by atoms with E-state index in [4.69, 9.17) is 22.9 Å². The van der Waals surface area contributed by atoms with Gasteiger partial charge in [0.05, 0.1) is 12.1 Å². The van der Waals surface area contributed by atoms with E-state index in [1.165, 1.54) is 0 Å². The number of nitrogens with two attached hydrogens (primary N) is 4. The highest BCUT2D eigenvalue weighted by molar-refractivity contribution is 6.10. The second kappa shape index (κ2) is 21.6. The molecule has 3 aromatic carbocycles. The van der Waals surface area contributed by atoms with Crippen LogP contribution in [0.25, 0.3) is 32.7 Å². The van der Waals surface area contributed by atoms with Crippen LogP contribution >= 0.6 is 0 Å². The Labute approximate surface area is 362 Å². The first kappa shape index (κ1) is 45.5. The smallest absolute Gasteiger partial charge is 0.272 e. The maximum atomic E-state index is 13.3. The van der Waals surface area contributed by atoms with Gasteiger partial charge < -0.3 is 69.8 Å². The van der Waals surface area contributed by atoms with Crippen molar-refractivity contribution in [1.82, 2.24) is 36.2 Å². The van der Waals surface area contributed by atoms with Gasteiger partial charge in [-0.15, -0.1) is 0 Å². The molecule has 3 aromatic heterocycles. The molecule has 0 fully saturated rings. The minimum absolute atomic E-state index is 0.210. The van der Waals surface area contributed by atoms with Gasteiger partial charge in [0.15, 0.2) is 0 Å². The van der Waals surface area contributed by atoms with Gasteiger partial charge in [-0.3, -0.25) is 28.8 Å². The van der Waals surface area contributed by atoms with Gasteiger partial charge in [0.25, 0.3) is 23.6 Å². The van der Waals surface area contributed by atoms with Gasteiger partial charge in [-0.2, -0.15) is 0 Å². The molecule has 0 bridgehead atoms. The van der Waals surface area contributed by atoms with Crippen LogP contribution in [0.5, 0.6) is 0 Å². The van der Waals surface area contributed by atoms with Crippen molar-refractivity contribution in [2.75, 3.05) is 49.9 Å². The van der Waals surface area contributed by atoms with Crippen LogP contribution in [0.4, 0.5) is 11.4 Å². The number of anilines is 2. The molecular formula is C44H55N13O6. The van der Waals surface area contributed by atoms with E-state index in [9.17, 15) is 28.8 Å². The molecule has 0 aliphatic rings. The van der Waals surface area contributed by atoms with Gasteiger partial charge in [0.1, 0.15) is 17.1 Å². The van der Waals surface area contributed by atoms with Crippen LogP contribution in [-0.2, 0) is 9.59 Å². The summed E-state index contributed by atoms with van der Waals surface area (Å²) in [5.41, 5.74) is 27.0. The summed E-state index contributed by atoms with van der Waals surface area (Å²) in [6.07, 6.45) is 4.23. The summed E-state index contributed by atoms with van der Waals surface area (Å²) in [5.74, 6) is -2.04. The van der Waals surface area contributed by atoms with Crippen molar-refractivity contribution in [2.45, 2.75) is 50.6 Å². The van der Waals surface area contributed by atoms with Gasteiger partial charge in [-0.05, 0) is 99.4 Å². The largest absolute Gasteiger partial charge is 0.353 e. The second-order valence-electron chi connectivity index (χ2n) is 15.2. The minimum atomic E-state index is -0.622. The number of unbranched alkanes of at least 4 members (excludes halogenated alkanes) is 2. The maximum Gasteiger partial charge on any atom is 0.272 e. The molecule has 19 heteroatoms. The van der Waals surface area contributed by atoms with Gasteiger partial charge in [0, 0.05) is 75.8 Å². The number of nitrogens with one attached hydrogen (secondary N) is 9. The lowest BCUT2D eigenvalue weighted by Crippen LogP contribution is -2.43. The second-order valence-corrected chi connectivity index (χ2v) is 15.2. The first-order valence-electron chi connectivity index (χ1n) is 21.0. The maximum absolute atomic E-state index is 13.3. The molecular weight excluding hydrogens is 807 g/mol. The third kappa shape index (κ3) is 12.3. The molecule has 2 atom stereocenters. The summed E-state index contributed by atoms with van der Waals surface area (Å²) in [5, 5.41) is 18.9. The molecule has 0 unspecified atom stereocenters. The highest BCUT2D eigenvalue weighted by atomic mass is 16.2. The Bertz CT molecular complexity index is 2460. The molecule has 6 aromatic rings. The number of carbonyl (C=O) groups excluding carboxylic acids is 6. The van der Waals surface area contributed by atoms with E-state index in [0.717, 1.165) is 36.5 Å². The van der Waals surface area contributed by atoms with E-state index in [-0.39, 0.29) is 61.4 Å². The first-order chi connectivity index (χ1) is 30.4. The van der Waals surface area contributed by atoms with Gasteiger partial charge >= 0.3 is 0 Å². The van der Waals surface area contributed by atoms with E-state index >= 15 is 0 Å². The molecule has 63 heavy (non-hydrogen) atoms. The molecule has 0 aliphatic heterocycles. The minimum Gasteiger partial charge on any atom is -0.353 e. The molecule has 0 saturated heterocycles. The number of H-pyrrole nitrogens is 3. The third-order valence-electron chi connectivity index (χ3n) is 10.4. The number of hydrogen-bond donors (Lipinski definition) is 13. The Balaban J connectivity index is 0.983. The Hall–Kier alpha value is -7.06. The Kier molecular flexibility index (Phi) is 15.6. The lowest BCUT2D eigenvalue weighted by Gasteiger charge is -2.12. The van der Waals surface area contributed by atoms with E-state index in [1.807, 2.05) is 0 Å². The summed E-state index contributed by atoms with van der Waals surface area (Å²) >= 11 is 0. The van der Waals surface area contributed by atoms with Crippen molar-refractivity contribution in [3.63, 3.8) is 0 Å². The summed E-state index contributed by atoms with van der Waals surface area (Å²) in [6, 6.07) is 19.3. The number of carbonyl (C=O) groups is 6. The van der Waals surface area contributed by atoms with E-state index in [1.54, 1.807) is 72.8 Å². The van der Waals surface area contributed by atoms with Crippen molar-refractivity contribution < 1.29 is 28.8 Å². The lowest BCUT2D eigenvalue weighted by molar-refractivity contribution is -0.123. The zero-order valence-electron chi connectivity index (χ0n) is 34.8. The highest BCUT2D eigenvalue weighted by Gasteiger charge is 2.17. The first-order valence-corrected chi connectivity index (χ1v) is 21.0. The Morgan fingerprint density at radius 1 is 0.460 bits per heavy atom. The van der Waals surface area contributed by atoms with Crippen LogP contribution < -0.4 is 54.8 Å². The van der Waals surface area contributed by atoms with Crippen LogP contribution in [0.3, 0.4) is 0 Å². The van der Waals surface area contributed by atoms with Gasteiger partial charge in [-0.25, -0.2) is 0 Å². The predicted molar refractivity (Wildman–Crippen MR) is 243 cm³/mol. The summed E-state index contributed by atoms with van der Waals surface area (Å²) < 4.78 is 0. The fourth-order valence-corrected chi connectivity index (χ4v) is 6.91. The monoisotopic (exact) mass is 861 g/mol. The molecule has 6 rings (SSSR count). The predicted octanol–water partition coefficient (Wildman–Crippen LogP) is 2.24. The van der Waals surface area contributed by atoms with Crippen molar-refractivity contribution in [2.24, 2.45) is 22.9 Å². The van der Waals surface area contributed by atoms with Crippen LogP contribution in [0.2, 0.25) is 0 Å². The fourth-order valence-electron chi connectivity index (χ4n) is 6.91. The van der Waals surface area contributed by atoms with Gasteiger partial charge in [-0.1, -0.05) is 25.0 Å². The van der Waals surface area contributed by atoms with Crippen molar-refractivity contribution in [3.8, 4) is 0 Å². The zero-order valence-corrected chi connectivity index (χ0v) is 34.8. The number of aromatic amines is 3. The number of benzene rings is 3. The molecule has 0 saturated carbocycles. The number of rotatable bonds is 22. The van der Waals surface area contributed by atoms with E-state index in [0.29, 0.717) is 76.2 Å². The topological polar surface area (TPSA) is 326 Å². The van der Waals surface area contributed by atoms with E-state index < -0.39 is 18.0 Å². The Morgan fingerprint density at radius 2 is 0.905 bits per heavy atom. The standard InChI is InChI=1S/C44H55N13O6/c45-13-3-1-5-31(47)40(59)49-15-17-51-42(61)36-20-25-7-10-29(23-34(25)56-36)53-39(58)27-9-12-33-28(19-27)22-38(55-33)44(63)54-30-11-8-26-21-37(57-35(26)24-30)43(62)52-18-16-50-41(60)32(48)6-2-4-14-46/h7-12,19-24,31-32,55-57H,1-6,13-18,45-48H2,(H,49,59)(H,50,60)(H,51,61)(H,52,62)(H,53,58)(H,54,63)/t31-,32-/m0/s1. The molecule has 19 nitrogen and oxygen atoms in total. The van der Waals surface area contributed by atoms with Crippen LogP contribution in [0, 0.1) is 0 Å². The van der Waals surface area contributed by atoms with Crippen molar-refractivity contribution in [1.29, 1.82) is 0 Å². The SMILES string of the molecule is NCCCC[C@H](N)C(=O)NCCNC(=O)c1cc2ccc(NC(=O)c3ccc4[nH]c(C(=O)Nc5ccc6cc(C(=O)NCCNC(=O)[C@@H](N)CCCCN)[nH]c6c5)cc4c3)cc2[nH]1. The number of hydrogen-bond acceptors (Lipinski definition) is 10. The summed E-state index contributed by atoms with van der Waals surface area (Å²) in [6.45, 7) is 1.97. The van der Waals surface area contributed by atoms with Crippen LogP contribution in [0.15, 0.2) is 72.8 Å². The molecule has 6 amide bonds. The molecule has 17 N–H and O–H groups in total. The average molecular weight is 862 g/mol. The molecule has 332 valence electrons. The number of fused-ring (bicyclic) bond motifs is 3. The summed E-state index contributed by atoms with van der Waals surface area (Å²) in [4.78, 5) is 85.8. The van der Waals surface area contributed by atoms with Crippen LogP contribution in [-0.4, -0.2) is 102 Å². The Morgan fingerprint density at radius 3 is 1.41 bits per heavy atom. The zero-order chi connectivity index (χ0) is 44.9. The fraction of sp³-hybridized carbons (Fsp3) is 0.318. The third-order valence-corrected chi connectivity index (χ3v) is 10.4. The molecule has 0 aliphatic carbocycles. The molecule has 0 spiro atoms. The molecule has 0 radical (unpaired) electrons. The summed E-state index contributed by atoms with van der Waals surface area (Å²) in [7, 11) is 0. The van der Waals surface area contributed by atoms with Gasteiger partial charge in [0.2, 0.25) is 11.8 Å². The van der Waals surface area contributed by atoms with E-state index in [2.05, 4.69) is 46.9 Å². The van der Waals surface area contributed by atoms with Crippen LogP contribution in [0.1, 0.15) is 80.3 Å². The normalized spacial score (nSPS) is 12.2. The molecule has 3 heterocycles.